The second-order valence-corrected chi connectivity index (χ2v) is 9.65. The monoisotopic (exact) mass is 451 g/mol. The van der Waals surface area contributed by atoms with E-state index in [-0.39, 0.29) is 16.9 Å². The van der Waals surface area contributed by atoms with E-state index in [0.717, 1.165) is 16.0 Å². The third kappa shape index (κ3) is 3.62. The zero-order chi connectivity index (χ0) is 22.3. The smallest absolute Gasteiger partial charge is 0.263 e. The largest absolute Gasteiger partial charge is 0.510 e. The number of nitrogens with one attached hydrogen (secondary N) is 1. The van der Waals surface area contributed by atoms with Crippen molar-refractivity contribution in [1.82, 2.24) is 19.5 Å². The maximum absolute atomic E-state index is 13.1. The summed E-state index contributed by atoms with van der Waals surface area (Å²) < 4.78 is 1.61. The highest BCUT2D eigenvalue weighted by Crippen LogP contribution is 2.32. The van der Waals surface area contributed by atoms with Crippen LogP contribution in [0.5, 0.6) is 0 Å². The third-order valence-electron chi connectivity index (χ3n) is 5.23. The standard InChI is InChI=1S/C22H21N5O2S2/c1-5-27-21(29)17-11(2)12(3)30-20(17)26-22(27)31-13(4)18(28)14(10-23)19-24-15-8-6-7-9-16(15)25-19/h6-9,13,28H,5H2,1-4H3,(H,24,25)/b18-14-. The van der Waals surface area contributed by atoms with Gasteiger partial charge < -0.3 is 10.1 Å². The zero-order valence-corrected chi connectivity index (χ0v) is 19.2. The fourth-order valence-electron chi connectivity index (χ4n) is 3.40. The molecule has 0 spiro atoms. The van der Waals surface area contributed by atoms with Crippen molar-refractivity contribution >= 4 is 49.9 Å². The predicted octanol–water partition coefficient (Wildman–Crippen LogP) is 4.94. The van der Waals surface area contributed by atoms with Gasteiger partial charge in [-0.2, -0.15) is 5.26 Å². The quantitative estimate of drug-likeness (QED) is 0.192. The van der Waals surface area contributed by atoms with E-state index in [1.807, 2.05) is 45.0 Å². The summed E-state index contributed by atoms with van der Waals surface area (Å²) in [5, 5.41) is 21.2. The summed E-state index contributed by atoms with van der Waals surface area (Å²) in [4.78, 5) is 27.0. The normalized spacial score (nSPS) is 13.4. The Hall–Kier alpha value is -3.09. The van der Waals surface area contributed by atoms with Gasteiger partial charge in [0.05, 0.1) is 21.7 Å². The van der Waals surface area contributed by atoms with Gasteiger partial charge in [0.1, 0.15) is 22.2 Å². The summed E-state index contributed by atoms with van der Waals surface area (Å²) in [6.07, 6.45) is 0. The second kappa shape index (κ2) is 8.21. The second-order valence-electron chi connectivity index (χ2n) is 7.14. The van der Waals surface area contributed by atoms with Crippen LogP contribution in [0.2, 0.25) is 0 Å². The minimum Gasteiger partial charge on any atom is -0.510 e. The molecule has 0 aliphatic heterocycles. The maximum atomic E-state index is 13.1. The van der Waals surface area contributed by atoms with E-state index >= 15 is 0 Å². The third-order valence-corrected chi connectivity index (χ3v) is 7.43. The number of rotatable bonds is 5. The number of benzene rings is 1. The molecule has 1 unspecified atom stereocenters. The van der Waals surface area contributed by atoms with Gasteiger partial charge in [0.15, 0.2) is 11.0 Å². The van der Waals surface area contributed by atoms with Crippen LogP contribution in [-0.4, -0.2) is 29.9 Å². The van der Waals surface area contributed by atoms with Gasteiger partial charge in [0.25, 0.3) is 5.56 Å². The summed E-state index contributed by atoms with van der Waals surface area (Å²) in [6, 6.07) is 9.50. The Morgan fingerprint density at radius 2 is 2.10 bits per heavy atom. The molecule has 0 aliphatic rings. The number of aliphatic hydroxyl groups excluding tert-OH is 1. The lowest BCUT2D eigenvalue weighted by molar-refractivity contribution is 0.401. The highest BCUT2D eigenvalue weighted by Gasteiger charge is 2.22. The molecule has 0 saturated heterocycles. The van der Waals surface area contributed by atoms with Gasteiger partial charge in [-0.05, 0) is 45.4 Å². The molecule has 0 fully saturated rings. The van der Waals surface area contributed by atoms with Gasteiger partial charge in [-0.3, -0.25) is 9.36 Å². The number of aliphatic hydroxyl groups is 1. The first-order valence-electron chi connectivity index (χ1n) is 9.81. The van der Waals surface area contributed by atoms with Crippen molar-refractivity contribution < 1.29 is 5.11 Å². The summed E-state index contributed by atoms with van der Waals surface area (Å²) in [6.45, 7) is 8.05. The summed E-state index contributed by atoms with van der Waals surface area (Å²) in [5.41, 5.74) is 2.46. The number of hydrogen-bond acceptors (Lipinski definition) is 7. The number of aromatic nitrogens is 4. The van der Waals surface area contributed by atoms with Crippen molar-refractivity contribution in [3.63, 3.8) is 0 Å². The van der Waals surface area contributed by atoms with Gasteiger partial charge in [0.2, 0.25) is 0 Å². The van der Waals surface area contributed by atoms with Gasteiger partial charge in [0, 0.05) is 11.4 Å². The summed E-state index contributed by atoms with van der Waals surface area (Å²) in [5.74, 6) is 0.205. The molecule has 0 amide bonds. The Bertz CT molecular complexity index is 1410. The van der Waals surface area contributed by atoms with Crippen molar-refractivity contribution in [3.8, 4) is 6.07 Å². The Balaban J connectivity index is 1.75. The van der Waals surface area contributed by atoms with Gasteiger partial charge in [-0.25, -0.2) is 9.97 Å². The number of nitriles is 1. The van der Waals surface area contributed by atoms with Crippen molar-refractivity contribution in [2.75, 3.05) is 0 Å². The van der Waals surface area contributed by atoms with Crippen LogP contribution in [0.25, 0.3) is 26.8 Å². The molecule has 9 heteroatoms. The number of H-pyrrole nitrogens is 1. The average molecular weight is 452 g/mol. The minimum absolute atomic E-state index is 0.0745. The van der Waals surface area contributed by atoms with Crippen LogP contribution in [-0.2, 0) is 6.54 Å². The van der Waals surface area contributed by atoms with E-state index < -0.39 is 5.25 Å². The molecule has 31 heavy (non-hydrogen) atoms. The fourth-order valence-corrected chi connectivity index (χ4v) is 5.50. The molecule has 4 aromatic rings. The van der Waals surface area contributed by atoms with Crippen LogP contribution in [0.15, 0.2) is 40.0 Å². The first kappa shape index (κ1) is 21.2. The molecular weight excluding hydrogens is 430 g/mol. The Kier molecular flexibility index (Phi) is 5.60. The fraction of sp³-hybridized carbons (Fsp3) is 0.273. The number of imidazole rings is 1. The number of allylic oxidation sites excluding steroid dienone is 1. The molecule has 3 heterocycles. The van der Waals surface area contributed by atoms with Crippen molar-refractivity contribution in [2.24, 2.45) is 0 Å². The Morgan fingerprint density at radius 3 is 2.77 bits per heavy atom. The van der Waals surface area contributed by atoms with E-state index in [0.29, 0.717) is 33.3 Å². The molecular formula is C22H21N5O2S2. The number of para-hydroxylation sites is 2. The molecule has 1 aromatic carbocycles. The lowest BCUT2D eigenvalue weighted by Gasteiger charge is -2.15. The Labute approximate surface area is 187 Å². The van der Waals surface area contributed by atoms with E-state index in [9.17, 15) is 15.2 Å². The highest BCUT2D eigenvalue weighted by atomic mass is 32.2. The summed E-state index contributed by atoms with van der Waals surface area (Å²) in [7, 11) is 0. The number of fused-ring (bicyclic) bond motifs is 2. The van der Waals surface area contributed by atoms with Crippen LogP contribution < -0.4 is 5.56 Å². The number of aromatic amines is 1. The molecule has 158 valence electrons. The topological polar surface area (TPSA) is 108 Å². The molecule has 4 rings (SSSR count). The first-order valence-corrected chi connectivity index (χ1v) is 11.5. The summed E-state index contributed by atoms with van der Waals surface area (Å²) >= 11 is 2.74. The average Bonchev–Trinajstić information content (AvgIpc) is 3.29. The van der Waals surface area contributed by atoms with Gasteiger partial charge >= 0.3 is 0 Å². The van der Waals surface area contributed by atoms with Crippen LogP contribution in [0.3, 0.4) is 0 Å². The number of thiophene rings is 1. The number of hydrogen-bond donors (Lipinski definition) is 2. The molecule has 0 saturated carbocycles. The number of nitrogens with zero attached hydrogens (tertiary/aromatic N) is 4. The number of aryl methyl sites for hydroxylation is 2. The van der Waals surface area contributed by atoms with E-state index in [2.05, 4.69) is 16.0 Å². The lowest BCUT2D eigenvalue weighted by atomic mass is 10.2. The number of thioether (sulfide) groups is 1. The van der Waals surface area contributed by atoms with Crippen molar-refractivity contribution in [3.05, 3.63) is 56.6 Å². The van der Waals surface area contributed by atoms with Crippen LogP contribution >= 0.6 is 23.1 Å². The molecule has 3 aromatic heterocycles. The van der Waals surface area contributed by atoms with Gasteiger partial charge in [-0.15, -0.1) is 11.3 Å². The van der Waals surface area contributed by atoms with Crippen molar-refractivity contribution in [2.45, 2.75) is 44.6 Å². The molecule has 0 radical (unpaired) electrons. The van der Waals surface area contributed by atoms with Crippen molar-refractivity contribution in [1.29, 1.82) is 5.26 Å². The first-order chi connectivity index (χ1) is 14.8. The van der Waals surface area contributed by atoms with Crippen LogP contribution in [0.1, 0.15) is 30.1 Å². The molecule has 1 atom stereocenters. The predicted molar refractivity (Wildman–Crippen MR) is 126 cm³/mol. The SMILES string of the molecule is CCn1c(SC(C)/C(O)=C(\C#N)c2nc3ccccc3[nH]2)nc2sc(C)c(C)c2c1=O. The molecule has 0 bridgehead atoms. The molecule has 2 N–H and O–H groups in total. The van der Waals surface area contributed by atoms with E-state index in [1.54, 1.807) is 11.5 Å². The maximum Gasteiger partial charge on any atom is 0.263 e. The van der Waals surface area contributed by atoms with Crippen LogP contribution in [0, 0.1) is 25.2 Å². The molecule has 7 nitrogen and oxygen atoms in total. The van der Waals surface area contributed by atoms with E-state index in [1.165, 1.54) is 23.1 Å². The molecule has 0 aliphatic carbocycles. The minimum atomic E-state index is -0.507. The van der Waals surface area contributed by atoms with E-state index in [4.69, 9.17) is 4.98 Å². The lowest BCUT2D eigenvalue weighted by Crippen LogP contribution is -2.23. The highest BCUT2D eigenvalue weighted by molar-refractivity contribution is 8.00. The zero-order valence-electron chi connectivity index (χ0n) is 17.6. The van der Waals surface area contributed by atoms with Crippen LogP contribution in [0.4, 0.5) is 0 Å². The van der Waals surface area contributed by atoms with Gasteiger partial charge in [-0.1, -0.05) is 23.9 Å². The Morgan fingerprint density at radius 1 is 1.35 bits per heavy atom.